The van der Waals surface area contributed by atoms with Crippen molar-refractivity contribution >= 4 is 84.0 Å². The van der Waals surface area contributed by atoms with Gasteiger partial charge in [-0.25, -0.2) is 4.98 Å². The Labute approximate surface area is 405 Å². The number of hydrogen-bond donors (Lipinski definition) is 1. The molecule has 3 heterocycles. The number of aromatic nitrogens is 4. The lowest BCUT2D eigenvalue weighted by atomic mass is 10.1. The van der Waals surface area contributed by atoms with Gasteiger partial charge in [0.05, 0.1) is 50.5 Å². The van der Waals surface area contributed by atoms with Gasteiger partial charge in [-0.2, -0.15) is 0 Å². The van der Waals surface area contributed by atoms with Gasteiger partial charge in [0.1, 0.15) is 28.8 Å². The number of fused-ring (bicyclic) bond motifs is 6. The predicted molar refractivity (Wildman–Crippen MR) is 282 cm³/mol. The van der Waals surface area contributed by atoms with Crippen LogP contribution in [0.3, 0.4) is 0 Å². The van der Waals surface area contributed by atoms with Gasteiger partial charge in [-0.15, -0.1) is 0 Å². The van der Waals surface area contributed by atoms with Crippen LogP contribution in [0.15, 0.2) is 207 Å². The molecule has 0 saturated carbocycles. The van der Waals surface area contributed by atoms with Gasteiger partial charge in [0.2, 0.25) is 0 Å². The average molecular weight is 918 g/mol. The minimum Gasteiger partial charge on any atom is -0.497 e. The van der Waals surface area contributed by atoms with Crippen molar-refractivity contribution in [3.63, 3.8) is 0 Å². The Hall–Kier alpha value is -9.35. The number of hydrogen-bond acceptors (Lipinski definition) is 10. The third-order valence-electron chi connectivity index (χ3n) is 12.5. The number of nitrogens with one attached hydrogen (secondary N) is 1. The molecule has 0 radical (unpaired) electrons. The third-order valence-corrected chi connectivity index (χ3v) is 12.5. The molecule has 3 aromatic heterocycles. The molecule has 0 aliphatic rings. The summed E-state index contributed by atoms with van der Waals surface area (Å²) in [6.07, 6.45) is 3.61. The third kappa shape index (κ3) is 8.15. The smallest absolute Gasteiger partial charge is 0.138 e. The lowest BCUT2D eigenvalue weighted by Crippen LogP contribution is -2.13. The monoisotopic (exact) mass is 917 g/mol. The van der Waals surface area contributed by atoms with Crippen molar-refractivity contribution in [2.24, 2.45) is 0 Å². The average Bonchev–Trinajstić information content (AvgIpc) is 3.89. The highest BCUT2D eigenvalue weighted by Gasteiger charge is 2.20. The van der Waals surface area contributed by atoms with Crippen LogP contribution >= 0.6 is 0 Å². The molecule has 11 rings (SSSR count). The zero-order valence-corrected chi connectivity index (χ0v) is 38.9. The number of anilines is 9. The highest BCUT2D eigenvalue weighted by Crippen LogP contribution is 2.43. The zero-order chi connectivity index (χ0) is 47.6. The number of ether oxygens (including phenoxy) is 4. The first kappa shape index (κ1) is 43.2. The lowest BCUT2D eigenvalue weighted by molar-refractivity contribution is 0.414. The van der Waals surface area contributed by atoms with Crippen LogP contribution in [-0.4, -0.2) is 48.4 Å². The molecule has 1 N–H and O–H groups in total. The summed E-state index contributed by atoms with van der Waals surface area (Å²) in [5, 5.41) is 1.93. The summed E-state index contributed by atoms with van der Waals surface area (Å²) in [5.74, 6) is 3.91. The van der Waals surface area contributed by atoms with E-state index < -0.39 is 0 Å². The number of aromatic amines is 1. The molecule has 0 fully saturated rings. The first-order valence-electron chi connectivity index (χ1n) is 22.8. The maximum atomic E-state index is 5.51. The summed E-state index contributed by atoms with van der Waals surface area (Å²) in [6, 6.07) is 66.1. The quantitative estimate of drug-likeness (QED) is 0.106. The molecule has 11 aromatic rings. The second-order valence-electron chi connectivity index (χ2n) is 16.5. The number of H-pyrrole nitrogens is 1. The van der Waals surface area contributed by atoms with Crippen LogP contribution in [0, 0.1) is 0 Å². The topological polar surface area (TPSA) is 101 Å². The standard InChI is InChI=1S/C59H47N7O4/c1-67-49-29-21-45(22-30-49)65(46-23-31-50(68-2)32-24-46)43-17-13-41(14-18-43)64(42-15-19-44(20-16-42)66(47-25-33-51(69-3)34-26-47)48-27-35-52(70-4)36-28-48)40-11-9-39(10-12-40)59-62-57-53-7-5-37-60-55(53)56-54(58(57)63-59)8-6-38-61-56/h5-38H,1-4H3,(H,62,63). The van der Waals surface area contributed by atoms with E-state index in [1.165, 1.54) is 0 Å². The molecule has 70 heavy (non-hydrogen) atoms. The molecule has 0 unspecified atom stereocenters. The second kappa shape index (κ2) is 18.7. The summed E-state index contributed by atoms with van der Waals surface area (Å²) < 4.78 is 22.1. The molecule has 0 amide bonds. The van der Waals surface area contributed by atoms with Crippen molar-refractivity contribution in [1.29, 1.82) is 0 Å². The van der Waals surface area contributed by atoms with Crippen molar-refractivity contribution in [1.82, 2.24) is 19.9 Å². The van der Waals surface area contributed by atoms with Crippen molar-refractivity contribution in [2.45, 2.75) is 0 Å². The largest absolute Gasteiger partial charge is 0.497 e. The number of nitrogens with zero attached hydrogens (tertiary/aromatic N) is 6. The van der Waals surface area contributed by atoms with E-state index in [-0.39, 0.29) is 0 Å². The Balaban J connectivity index is 1.00. The van der Waals surface area contributed by atoms with Gasteiger partial charge in [0, 0.05) is 79.9 Å². The summed E-state index contributed by atoms with van der Waals surface area (Å²) in [7, 11) is 6.71. The summed E-state index contributed by atoms with van der Waals surface area (Å²) in [4.78, 5) is 24.9. The first-order valence-corrected chi connectivity index (χ1v) is 22.8. The van der Waals surface area contributed by atoms with Crippen molar-refractivity contribution < 1.29 is 18.9 Å². The number of pyridine rings is 2. The van der Waals surface area contributed by atoms with Gasteiger partial charge in [0.15, 0.2) is 0 Å². The van der Waals surface area contributed by atoms with Gasteiger partial charge in [-0.05, 0) is 194 Å². The minimum atomic E-state index is 0.762. The second-order valence-corrected chi connectivity index (χ2v) is 16.5. The van der Waals surface area contributed by atoms with Crippen molar-refractivity contribution in [2.75, 3.05) is 43.1 Å². The molecule has 0 aliphatic heterocycles. The van der Waals surface area contributed by atoms with Gasteiger partial charge in [0.25, 0.3) is 0 Å². The fourth-order valence-corrected chi connectivity index (χ4v) is 9.02. The molecule has 11 nitrogen and oxygen atoms in total. The van der Waals surface area contributed by atoms with Crippen LogP contribution in [0.1, 0.15) is 0 Å². The molecular formula is C59H47N7O4. The first-order chi connectivity index (χ1) is 34.5. The van der Waals surface area contributed by atoms with Crippen LogP contribution in [-0.2, 0) is 0 Å². The van der Waals surface area contributed by atoms with Crippen LogP contribution in [0.4, 0.5) is 51.2 Å². The van der Waals surface area contributed by atoms with E-state index in [9.17, 15) is 0 Å². The lowest BCUT2D eigenvalue weighted by Gasteiger charge is -2.29. The van der Waals surface area contributed by atoms with Gasteiger partial charge in [-0.1, -0.05) is 0 Å². The SMILES string of the molecule is COc1ccc(N(c2ccc(OC)cc2)c2ccc(N(c3ccc(-c4nc5c6cccnc6c6ncccc6c5[nH]4)cc3)c3ccc(N(c4ccc(OC)cc4)c4ccc(OC)cc4)cc3)cc2)cc1. The van der Waals surface area contributed by atoms with Gasteiger partial charge >= 0.3 is 0 Å². The van der Waals surface area contributed by atoms with Gasteiger partial charge in [-0.3, -0.25) is 9.97 Å². The zero-order valence-electron chi connectivity index (χ0n) is 38.9. The van der Waals surface area contributed by atoms with Crippen molar-refractivity contribution in [3.05, 3.63) is 207 Å². The Kier molecular flexibility index (Phi) is 11.6. The molecule has 0 bridgehead atoms. The van der Waals surface area contributed by atoms with E-state index in [0.29, 0.717) is 0 Å². The summed E-state index contributed by atoms with van der Waals surface area (Å²) in [5.41, 5.74) is 13.2. The van der Waals surface area contributed by atoms with Crippen molar-refractivity contribution in [3.8, 4) is 34.4 Å². The summed E-state index contributed by atoms with van der Waals surface area (Å²) >= 11 is 0. The van der Waals surface area contributed by atoms with E-state index in [2.05, 4.69) is 153 Å². The number of rotatable bonds is 14. The van der Waals surface area contributed by atoms with Gasteiger partial charge < -0.3 is 38.6 Å². The van der Waals surface area contributed by atoms with E-state index in [1.54, 1.807) is 40.8 Å². The van der Waals surface area contributed by atoms with Crippen LogP contribution in [0.2, 0.25) is 0 Å². The van der Waals surface area contributed by atoms with E-state index in [1.807, 2.05) is 60.7 Å². The maximum Gasteiger partial charge on any atom is 0.138 e. The van der Waals surface area contributed by atoms with E-state index in [0.717, 1.165) is 118 Å². The maximum absolute atomic E-state index is 5.51. The number of benzene rings is 8. The molecule has 0 atom stereocenters. The highest BCUT2D eigenvalue weighted by molar-refractivity contribution is 6.21. The fourth-order valence-electron chi connectivity index (χ4n) is 9.02. The highest BCUT2D eigenvalue weighted by atomic mass is 16.5. The molecule has 8 aromatic carbocycles. The normalized spacial score (nSPS) is 11.1. The molecule has 11 heteroatoms. The fraction of sp³-hybridized carbons (Fsp3) is 0.0678. The van der Waals surface area contributed by atoms with Crippen LogP contribution in [0.25, 0.3) is 44.2 Å². The summed E-state index contributed by atoms with van der Waals surface area (Å²) in [6.45, 7) is 0. The van der Waals surface area contributed by atoms with Crippen LogP contribution in [0.5, 0.6) is 23.0 Å². The Morgan fingerprint density at radius 1 is 0.329 bits per heavy atom. The molecule has 0 aliphatic carbocycles. The minimum absolute atomic E-state index is 0.762. The molecule has 0 saturated heterocycles. The predicted octanol–water partition coefficient (Wildman–Crippen LogP) is 14.8. The Morgan fingerprint density at radius 3 is 0.943 bits per heavy atom. The Morgan fingerprint density at radius 2 is 0.614 bits per heavy atom. The van der Waals surface area contributed by atoms with E-state index >= 15 is 0 Å². The van der Waals surface area contributed by atoms with Crippen LogP contribution < -0.4 is 33.6 Å². The van der Waals surface area contributed by atoms with E-state index in [4.69, 9.17) is 33.9 Å². The number of imidazole rings is 1. The molecular weight excluding hydrogens is 871 g/mol. The molecule has 0 spiro atoms. The number of methoxy groups -OCH3 is 4. The Bertz CT molecular complexity index is 3260. The molecule has 342 valence electrons.